The molecule has 0 saturated carbocycles. The highest BCUT2D eigenvalue weighted by atomic mass is 16.5. The first-order valence-corrected chi connectivity index (χ1v) is 9.78. The van der Waals surface area contributed by atoms with Crippen LogP contribution in [0.1, 0.15) is 37.3 Å². The fourth-order valence-electron chi connectivity index (χ4n) is 3.84. The number of benzene rings is 1. The van der Waals surface area contributed by atoms with Crippen molar-refractivity contribution in [3.8, 4) is 11.4 Å². The van der Waals surface area contributed by atoms with Gasteiger partial charge in [-0.25, -0.2) is 0 Å². The van der Waals surface area contributed by atoms with Gasteiger partial charge in [0.15, 0.2) is 0 Å². The highest BCUT2D eigenvalue weighted by Crippen LogP contribution is 2.25. The number of carbonyl (C=O) groups is 1. The molecule has 1 saturated heterocycles. The first-order valence-electron chi connectivity index (χ1n) is 9.78. The molecule has 7 nitrogen and oxygen atoms in total. The number of likely N-dealkylation sites (tertiary alicyclic amines) is 1. The average molecular weight is 379 g/mol. The van der Waals surface area contributed by atoms with Crippen molar-refractivity contribution in [2.45, 2.75) is 39.2 Å². The molecule has 1 aromatic carbocycles. The molecule has 0 bridgehead atoms. The molecule has 1 aliphatic rings. The molecule has 1 amide bonds. The summed E-state index contributed by atoms with van der Waals surface area (Å²) in [5.74, 6) is 1.70. The summed E-state index contributed by atoms with van der Waals surface area (Å²) >= 11 is 0. The molecule has 4 rings (SSSR count). The van der Waals surface area contributed by atoms with Crippen LogP contribution in [0, 0.1) is 12.8 Å². The molecule has 3 aromatic rings. The van der Waals surface area contributed by atoms with Gasteiger partial charge in [-0.15, -0.1) is 0 Å². The van der Waals surface area contributed by atoms with E-state index in [1.807, 2.05) is 55.3 Å². The van der Waals surface area contributed by atoms with Crippen LogP contribution in [-0.2, 0) is 11.2 Å². The van der Waals surface area contributed by atoms with Crippen molar-refractivity contribution in [3.05, 3.63) is 54.2 Å². The van der Waals surface area contributed by atoms with Gasteiger partial charge >= 0.3 is 0 Å². The molecule has 0 aliphatic carbocycles. The molecule has 1 fully saturated rings. The predicted molar refractivity (Wildman–Crippen MR) is 104 cm³/mol. The summed E-state index contributed by atoms with van der Waals surface area (Å²) in [5, 5.41) is 8.34. The molecular formula is C21H25N5O2. The SMILES string of the molecule is Cc1ccccc1-c1noc(C[C@@H]2CCCN(C(=O)[C@@H](C)n3cccn3)C2)n1. The zero-order chi connectivity index (χ0) is 19.5. The van der Waals surface area contributed by atoms with Crippen molar-refractivity contribution < 1.29 is 9.32 Å². The van der Waals surface area contributed by atoms with Gasteiger partial charge in [-0.1, -0.05) is 29.4 Å². The molecule has 3 heterocycles. The summed E-state index contributed by atoms with van der Waals surface area (Å²) in [4.78, 5) is 19.4. The van der Waals surface area contributed by atoms with E-state index in [4.69, 9.17) is 4.52 Å². The van der Waals surface area contributed by atoms with Crippen LogP contribution in [0.2, 0.25) is 0 Å². The minimum Gasteiger partial charge on any atom is -0.341 e. The zero-order valence-electron chi connectivity index (χ0n) is 16.3. The lowest BCUT2D eigenvalue weighted by Gasteiger charge is -2.33. The van der Waals surface area contributed by atoms with E-state index in [9.17, 15) is 4.79 Å². The maximum Gasteiger partial charge on any atom is 0.247 e. The third-order valence-corrected chi connectivity index (χ3v) is 5.43. The Morgan fingerprint density at radius 3 is 2.96 bits per heavy atom. The molecule has 0 unspecified atom stereocenters. The molecule has 2 atom stereocenters. The average Bonchev–Trinajstić information content (AvgIpc) is 3.40. The van der Waals surface area contributed by atoms with Crippen LogP contribution in [0.3, 0.4) is 0 Å². The van der Waals surface area contributed by atoms with E-state index in [1.54, 1.807) is 10.9 Å². The second-order valence-corrected chi connectivity index (χ2v) is 7.49. The van der Waals surface area contributed by atoms with Gasteiger partial charge in [0.2, 0.25) is 17.6 Å². The Labute approximate surface area is 164 Å². The standard InChI is InChI=1S/C21H25N5O2/c1-15-7-3-4-9-18(15)20-23-19(28-24-20)13-17-8-5-11-25(14-17)21(27)16(2)26-12-6-10-22-26/h3-4,6-7,9-10,12,16-17H,5,8,11,13-14H2,1-2H3/t16-,17+/m1/s1. The third kappa shape index (κ3) is 3.83. The van der Waals surface area contributed by atoms with E-state index in [0.29, 0.717) is 30.6 Å². The van der Waals surface area contributed by atoms with E-state index in [0.717, 1.165) is 30.5 Å². The number of rotatable bonds is 5. The number of hydrogen-bond donors (Lipinski definition) is 0. The van der Waals surface area contributed by atoms with Gasteiger partial charge < -0.3 is 9.42 Å². The Bertz CT molecular complexity index is 934. The number of amides is 1. The van der Waals surface area contributed by atoms with E-state index in [-0.39, 0.29) is 11.9 Å². The van der Waals surface area contributed by atoms with E-state index in [2.05, 4.69) is 15.2 Å². The Morgan fingerprint density at radius 2 is 2.18 bits per heavy atom. The van der Waals surface area contributed by atoms with Crippen LogP contribution in [0.5, 0.6) is 0 Å². The normalized spacial score (nSPS) is 18.2. The second kappa shape index (κ2) is 7.96. The lowest BCUT2D eigenvalue weighted by molar-refractivity contribution is -0.136. The van der Waals surface area contributed by atoms with Gasteiger partial charge in [0.25, 0.3) is 0 Å². The summed E-state index contributed by atoms with van der Waals surface area (Å²) in [7, 11) is 0. The van der Waals surface area contributed by atoms with Gasteiger partial charge in [-0.3, -0.25) is 9.48 Å². The quantitative estimate of drug-likeness (QED) is 0.680. The first kappa shape index (κ1) is 18.4. The fourth-order valence-corrected chi connectivity index (χ4v) is 3.84. The van der Waals surface area contributed by atoms with Crippen molar-refractivity contribution in [2.24, 2.45) is 5.92 Å². The Morgan fingerprint density at radius 1 is 1.32 bits per heavy atom. The number of hydrogen-bond acceptors (Lipinski definition) is 5. The number of aryl methyl sites for hydroxylation is 1. The Kier molecular flexibility index (Phi) is 5.23. The van der Waals surface area contributed by atoms with Crippen molar-refractivity contribution in [2.75, 3.05) is 13.1 Å². The lowest BCUT2D eigenvalue weighted by atomic mass is 9.94. The van der Waals surface area contributed by atoms with Crippen LogP contribution in [0.4, 0.5) is 0 Å². The van der Waals surface area contributed by atoms with Gasteiger partial charge in [0, 0.05) is 37.5 Å². The molecule has 0 spiro atoms. The summed E-state index contributed by atoms with van der Waals surface area (Å²) in [5.41, 5.74) is 2.11. The monoisotopic (exact) mass is 379 g/mol. The van der Waals surface area contributed by atoms with Gasteiger partial charge in [-0.05, 0) is 44.2 Å². The molecule has 0 radical (unpaired) electrons. The highest BCUT2D eigenvalue weighted by Gasteiger charge is 2.29. The summed E-state index contributed by atoms with van der Waals surface area (Å²) in [6, 6.07) is 9.56. The summed E-state index contributed by atoms with van der Waals surface area (Å²) in [6.07, 6.45) is 6.27. The van der Waals surface area contributed by atoms with E-state index >= 15 is 0 Å². The van der Waals surface area contributed by atoms with E-state index < -0.39 is 0 Å². The van der Waals surface area contributed by atoms with Gasteiger partial charge in [0.1, 0.15) is 6.04 Å². The van der Waals surface area contributed by atoms with Crippen molar-refractivity contribution >= 4 is 5.91 Å². The molecule has 28 heavy (non-hydrogen) atoms. The van der Waals surface area contributed by atoms with Crippen molar-refractivity contribution in [1.82, 2.24) is 24.8 Å². The van der Waals surface area contributed by atoms with Crippen LogP contribution < -0.4 is 0 Å². The number of aromatic nitrogens is 4. The Balaban J connectivity index is 1.40. The van der Waals surface area contributed by atoms with Crippen LogP contribution >= 0.6 is 0 Å². The minimum absolute atomic E-state index is 0.111. The highest BCUT2D eigenvalue weighted by molar-refractivity contribution is 5.80. The molecule has 1 aliphatic heterocycles. The Hall–Kier alpha value is -2.96. The van der Waals surface area contributed by atoms with Crippen LogP contribution in [0.15, 0.2) is 47.2 Å². The predicted octanol–water partition coefficient (Wildman–Crippen LogP) is 3.28. The van der Waals surface area contributed by atoms with Crippen molar-refractivity contribution in [3.63, 3.8) is 0 Å². The largest absolute Gasteiger partial charge is 0.341 e. The maximum atomic E-state index is 12.8. The molecule has 7 heteroatoms. The van der Waals surface area contributed by atoms with Crippen LogP contribution in [0.25, 0.3) is 11.4 Å². The topological polar surface area (TPSA) is 77.0 Å². The molecule has 146 valence electrons. The molecule has 2 aromatic heterocycles. The maximum absolute atomic E-state index is 12.8. The summed E-state index contributed by atoms with van der Waals surface area (Å²) in [6.45, 7) is 5.44. The van der Waals surface area contributed by atoms with Gasteiger partial charge in [0.05, 0.1) is 0 Å². The number of piperidine rings is 1. The molecule has 0 N–H and O–H groups in total. The minimum atomic E-state index is -0.287. The second-order valence-electron chi connectivity index (χ2n) is 7.49. The molecular weight excluding hydrogens is 354 g/mol. The van der Waals surface area contributed by atoms with Crippen LogP contribution in [-0.4, -0.2) is 43.8 Å². The smallest absolute Gasteiger partial charge is 0.247 e. The number of carbonyl (C=O) groups excluding carboxylic acids is 1. The third-order valence-electron chi connectivity index (χ3n) is 5.43. The van der Waals surface area contributed by atoms with E-state index in [1.165, 1.54) is 0 Å². The van der Waals surface area contributed by atoms with Gasteiger partial charge in [-0.2, -0.15) is 10.1 Å². The summed E-state index contributed by atoms with van der Waals surface area (Å²) < 4.78 is 7.21. The van der Waals surface area contributed by atoms with Crippen molar-refractivity contribution in [1.29, 1.82) is 0 Å². The first-order chi connectivity index (χ1) is 13.6. The fraction of sp³-hybridized carbons (Fsp3) is 0.429. The zero-order valence-corrected chi connectivity index (χ0v) is 16.3. The number of nitrogens with zero attached hydrogens (tertiary/aromatic N) is 5. The lowest BCUT2D eigenvalue weighted by Crippen LogP contribution is -2.43.